The summed E-state index contributed by atoms with van der Waals surface area (Å²) in [4.78, 5) is 0. The molecular weight excluding hydrogens is 198 g/mol. The minimum Gasteiger partial charge on any atom is -0.382 e. The van der Waals surface area contributed by atoms with Gasteiger partial charge in [0.15, 0.2) is 0 Å². The van der Waals surface area contributed by atoms with E-state index >= 15 is 0 Å². The van der Waals surface area contributed by atoms with Crippen LogP contribution in [0.3, 0.4) is 0 Å². The van der Waals surface area contributed by atoms with Gasteiger partial charge in [-0.3, -0.25) is 0 Å². The quantitative estimate of drug-likeness (QED) is 0.786. The first-order valence-electron chi connectivity index (χ1n) is 5.54. The van der Waals surface area contributed by atoms with E-state index in [4.69, 9.17) is 5.73 Å². The van der Waals surface area contributed by atoms with Gasteiger partial charge in [-0.25, -0.2) is 0 Å². The number of anilines is 1. The average molecular weight is 211 g/mol. The number of hydrogen-bond acceptors (Lipinski definition) is 3. The van der Waals surface area contributed by atoms with Crippen molar-refractivity contribution in [2.24, 2.45) is 0 Å². The van der Waals surface area contributed by atoms with Crippen LogP contribution in [0.2, 0.25) is 0 Å². The second kappa shape index (κ2) is 3.59. The highest BCUT2D eigenvalue weighted by Gasteiger charge is 2.11. The fourth-order valence-corrected chi connectivity index (χ4v) is 2.23. The van der Waals surface area contributed by atoms with Crippen molar-refractivity contribution in [2.75, 3.05) is 5.73 Å². The van der Waals surface area contributed by atoms with E-state index in [0.717, 1.165) is 11.3 Å². The predicted molar refractivity (Wildman–Crippen MR) is 63.9 cm³/mol. The fourth-order valence-electron chi connectivity index (χ4n) is 2.23. The number of rotatable bonds is 1. The molecule has 1 aromatic heterocycles. The Hall–Kier alpha value is -1.90. The van der Waals surface area contributed by atoms with Crippen LogP contribution in [0.5, 0.6) is 0 Å². The molecule has 3 nitrogen and oxygen atoms in total. The maximum absolute atomic E-state index is 5.52. The number of nitrogens with two attached hydrogens (primary N) is 1. The topological polar surface area (TPSA) is 51.8 Å². The lowest BCUT2D eigenvalue weighted by molar-refractivity contribution is 0.912. The molecule has 1 heterocycles. The molecule has 0 atom stereocenters. The third-order valence-electron chi connectivity index (χ3n) is 3.08. The molecule has 0 spiro atoms. The highest BCUT2D eigenvalue weighted by Crippen LogP contribution is 2.26. The third-order valence-corrected chi connectivity index (χ3v) is 3.08. The van der Waals surface area contributed by atoms with Crippen molar-refractivity contribution in [3.8, 4) is 11.3 Å². The molecule has 0 fully saturated rings. The zero-order valence-electron chi connectivity index (χ0n) is 8.98. The highest BCUT2D eigenvalue weighted by molar-refractivity contribution is 5.61. The first-order valence-corrected chi connectivity index (χ1v) is 5.54. The van der Waals surface area contributed by atoms with E-state index in [-0.39, 0.29) is 0 Å². The first kappa shape index (κ1) is 9.33. The Balaban J connectivity index is 2.03. The minimum atomic E-state index is 0.463. The van der Waals surface area contributed by atoms with Gasteiger partial charge in [0, 0.05) is 5.56 Å². The molecule has 3 heteroatoms. The van der Waals surface area contributed by atoms with Gasteiger partial charge in [-0.2, -0.15) is 0 Å². The van der Waals surface area contributed by atoms with Crippen LogP contribution in [-0.4, -0.2) is 10.2 Å². The molecule has 1 aromatic carbocycles. The summed E-state index contributed by atoms with van der Waals surface area (Å²) in [5.41, 5.74) is 10.5. The minimum absolute atomic E-state index is 0.463. The zero-order chi connectivity index (χ0) is 11.0. The van der Waals surface area contributed by atoms with Gasteiger partial charge in [-0.05, 0) is 48.6 Å². The molecule has 2 N–H and O–H groups in total. The van der Waals surface area contributed by atoms with Crippen molar-refractivity contribution in [1.82, 2.24) is 10.2 Å². The van der Waals surface area contributed by atoms with Gasteiger partial charge in [0.2, 0.25) is 0 Å². The van der Waals surface area contributed by atoms with E-state index in [0.29, 0.717) is 5.82 Å². The summed E-state index contributed by atoms with van der Waals surface area (Å²) < 4.78 is 0. The van der Waals surface area contributed by atoms with E-state index in [1.54, 1.807) is 6.07 Å². The van der Waals surface area contributed by atoms with Crippen molar-refractivity contribution in [3.05, 3.63) is 41.5 Å². The van der Waals surface area contributed by atoms with Gasteiger partial charge in [-0.1, -0.05) is 12.1 Å². The molecule has 80 valence electrons. The van der Waals surface area contributed by atoms with Crippen LogP contribution in [-0.2, 0) is 12.8 Å². The summed E-state index contributed by atoms with van der Waals surface area (Å²) in [6.07, 6.45) is 3.67. The molecule has 0 radical (unpaired) electrons. The number of fused-ring (bicyclic) bond motifs is 1. The Bertz CT molecular complexity index is 517. The zero-order valence-corrected chi connectivity index (χ0v) is 8.98. The summed E-state index contributed by atoms with van der Waals surface area (Å²) in [6, 6.07) is 10.2. The standard InChI is InChI=1S/C13H13N3/c14-13-7-6-12(15-16-13)11-5-4-9-2-1-3-10(9)8-11/h4-8H,1-3H2,(H2,14,16). The van der Waals surface area contributed by atoms with E-state index in [1.165, 1.54) is 30.4 Å². The van der Waals surface area contributed by atoms with E-state index in [9.17, 15) is 0 Å². The molecule has 16 heavy (non-hydrogen) atoms. The Morgan fingerprint density at radius 1 is 0.938 bits per heavy atom. The van der Waals surface area contributed by atoms with E-state index in [2.05, 4.69) is 28.4 Å². The van der Waals surface area contributed by atoms with Crippen molar-refractivity contribution in [3.63, 3.8) is 0 Å². The molecular formula is C13H13N3. The van der Waals surface area contributed by atoms with Crippen LogP contribution in [0.4, 0.5) is 5.82 Å². The summed E-state index contributed by atoms with van der Waals surface area (Å²) in [6.45, 7) is 0. The number of aryl methyl sites for hydroxylation is 2. The predicted octanol–water partition coefficient (Wildman–Crippen LogP) is 2.21. The molecule has 0 unspecified atom stereocenters. The first-order chi connectivity index (χ1) is 7.83. The van der Waals surface area contributed by atoms with E-state index in [1.807, 2.05) is 6.07 Å². The number of aromatic nitrogens is 2. The van der Waals surface area contributed by atoms with Gasteiger partial charge in [0.05, 0.1) is 5.69 Å². The molecule has 0 saturated carbocycles. The molecule has 0 aliphatic heterocycles. The molecule has 2 aromatic rings. The highest BCUT2D eigenvalue weighted by atomic mass is 15.1. The SMILES string of the molecule is Nc1ccc(-c2ccc3c(c2)CCC3)nn1. The lowest BCUT2D eigenvalue weighted by Gasteiger charge is -2.03. The lowest BCUT2D eigenvalue weighted by atomic mass is 10.0. The van der Waals surface area contributed by atoms with Crippen LogP contribution in [0, 0.1) is 0 Å². The Morgan fingerprint density at radius 3 is 2.62 bits per heavy atom. The van der Waals surface area contributed by atoms with Gasteiger partial charge in [-0.15, -0.1) is 10.2 Å². The van der Waals surface area contributed by atoms with Crippen molar-refractivity contribution < 1.29 is 0 Å². The largest absolute Gasteiger partial charge is 0.382 e. The summed E-state index contributed by atoms with van der Waals surface area (Å²) >= 11 is 0. The number of benzene rings is 1. The maximum Gasteiger partial charge on any atom is 0.146 e. The molecule has 0 bridgehead atoms. The summed E-state index contributed by atoms with van der Waals surface area (Å²) in [5, 5.41) is 7.98. The van der Waals surface area contributed by atoms with Crippen LogP contribution < -0.4 is 5.73 Å². The normalized spacial score (nSPS) is 13.8. The molecule has 1 aliphatic rings. The molecule has 0 saturated heterocycles. The number of nitrogens with zero attached hydrogens (tertiary/aromatic N) is 2. The molecule has 1 aliphatic carbocycles. The van der Waals surface area contributed by atoms with Crippen molar-refractivity contribution >= 4 is 5.82 Å². The Kier molecular flexibility index (Phi) is 2.10. The van der Waals surface area contributed by atoms with Crippen LogP contribution >= 0.6 is 0 Å². The van der Waals surface area contributed by atoms with Crippen LogP contribution in [0.1, 0.15) is 17.5 Å². The molecule has 0 amide bonds. The fraction of sp³-hybridized carbons (Fsp3) is 0.231. The monoisotopic (exact) mass is 211 g/mol. The number of hydrogen-bond donors (Lipinski definition) is 1. The maximum atomic E-state index is 5.52. The van der Waals surface area contributed by atoms with Crippen LogP contribution in [0.25, 0.3) is 11.3 Å². The van der Waals surface area contributed by atoms with Gasteiger partial charge >= 0.3 is 0 Å². The number of nitrogen functional groups attached to an aromatic ring is 1. The van der Waals surface area contributed by atoms with Gasteiger partial charge < -0.3 is 5.73 Å². The second-order valence-corrected chi connectivity index (χ2v) is 4.18. The summed E-state index contributed by atoms with van der Waals surface area (Å²) in [7, 11) is 0. The van der Waals surface area contributed by atoms with Gasteiger partial charge in [0.25, 0.3) is 0 Å². The Labute approximate surface area is 94.3 Å². The third kappa shape index (κ3) is 1.54. The smallest absolute Gasteiger partial charge is 0.146 e. The van der Waals surface area contributed by atoms with Crippen molar-refractivity contribution in [1.29, 1.82) is 0 Å². The average Bonchev–Trinajstić information content (AvgIpc) is 2.77. The summed E-state index contributed by atoms with van der Waals surface area (Å²) in [5.74, 6) is 0.463. The lowest BCUT2D eigenvalue weighted by Crippen LogP contribution is -1.94. The molecule has 3 rings (SSSR count). The van der Waals surface area contributed by atoms with Crippen molar-refractivity contribution in [2.45, 2.75) is 19.3 Å². The second-order valence-electron chi connectivity index (χ2n) is 4.18. The van der Waals surface area contributed by atoms with Gasteiger partial charge in [0.1, 0.15) is 5.82 Å². The van der Waals surface area contributed by atoms with Crippen LogP contribution in [0.15, 0.2) is 30.3 Å². The van der Waals surface area contributed by atoms with E-state index < -0.39 is 0 Å². The Morgan fingerprint density at radius 2 is 1.81 bits per heavy atom.